The molecule has 0 N–H and O–H groups in total. The molecule has 3 rings (SSSR count). The van der Waals surface area contributed by atoms with Crippen LogP contribution < -0.4 is 14.9 Å². The van der Waals surface area contributed by atoms with Gasteiger partial charge in [-0.05, 0) is 49.6 Å². The second kappa shape index (κ2) is 8.82. The molecule has 0 radical (unpaired) electrons. The minimum atomic E-state index is -0.461. The molecule has 0 spiro atoms. The lowest BCUT2D eigenvalue weighted by Gasteiger charge is -2.11. The summed E-state index contributed by atoms with van der Waals surface area (Å²) in [6.45, 7) is 7.70. The minimum absolute atomic E-state index is 0.148. The number of benzene rings is 2. The smallest absolute Gasteiger partial charge is 0.344 e. The Morgan fingerprint density at radius 3 is 2.41 bits per heavy atom. The summed E-state index contributed by atoms with van der Waals surface area (Å²) in [5, 5.41) is 0.368. The van der Waals surface area contributed by atoms with Gasteiger partial charge in [-0.15, -0.1) is 0 Å². The molecule has 6 nitrogen and oxygen atoms in total. The molecule has 0 amide bonds. The van der Waals surface area contributed by atoms with E-state index in [1.807, 2.05) is 24.3 Å². The first kappa shape index (κ1) is 20.5. The summed E-state index contributed by atoms with van der Waals surface area (Å²) in [5.41, 5.74) is 1.28. The van der Waals surface area contributed by atoms with E-state index in [0.717, 1.165) is 0 Å². The van der Waals surface area contributed by atoms with Crippen LogP contribution in [0, 0.1) is 6.92 Å². The van der Waals surface area contributed by atoms with E-state index in [-0.39, 0.29) is 24.4 Å². The van der Waals surface area contributed by atoms with Crippen molar-refractivity contribution >= 4 is 16.9 Å². The molecule has 0 bridgehead atoms. The Labute approximate surface area is 169 Å². The molecule has 152 valence electrons. The lowest BCUT2D eigenvalue weighted by atomic mass is 10.0. The normalized spacial score (nSPS) is 10.9. The molecule has 29 heavy (non-hydrogen) atoms. The van der Waals surface area contributed by atoms with Crippen molar-refractivity contribution in [2.45, 2.75) is 33.6 Å². The van der Waals surface area contributed by atoms with E-state index in [0.29, 0.717) is 34.1 Å². The standard InChI is InChI=1S/C23H24O6/c1-5-26-21(24)13-27-18-10-11-19-20(12-18)28-15(4)23(22(19)25)29-17-8-6-16(7-9-17)14(2)3/h6-12,14H,5,13H2,1-4H3. The van der Waals surface area contributed by atoms with Crippen LogP contribution in [0.15, 0.2) is 51.7 Å². The maximum absolute atomic E-state index is 12.9. The summed E-state index contributed by atoms with van der Waals surface area (Å²) in [6, 6.07) is 12.4. The summed E-state index contributed by atoms with van der Waals surface area (Å²) in [5.74, 6) is 1.44. The molecule has 1 aromatic heterocycles. The highest BCUT2D eigenvalue weighted by Crippen LogP contribution is 2.28. The minimum Gasteiger partial charge on any atom is -0.482 e. The number of carbonyl (C=O) groups is 1. The second-order valence-electron chi connectivity index (χ2n) is 6.89. The molecule has 0 saturated heterocycles. The quantitative estimate of drug-likeness (QED) is 0.526. The SMILES string of the molecule is CCOC(=O)COc1ccc2c(=O)c(Oc3ccc(C(C)C)cc3)c(C)oc2c1. The van der Waals surface area contributed by atoms with Gasteiger partial charge in [0.2, 0.25) is 11.2 Å². The van der Waals surface area contributed by atoms with Crippen LogP contribution in [0.1, 0.15) is 38.0 Å². The first-order valence-electron chi connectivity index (χ1n) is 9.52. The first-order chi connectivity index (χ1) is 13.9. The Kier molecular flexibility index (Phi) is 6.22. The van der Waals surface area contributed by atoms with Gasteiger partial charge < -0.3 is 18.6 Å². The van der Waals surface area contributed by atoms with Gasteiger partial charge in [0.25, 0.3) is 0 Å². The van der Waals surface area contributed by atoms with E-state index >= 15 is 0 Å². The average Bonchev–Trinajstić information content (AvgIpc) is 2.70. The maximum atomic E-state index is 12.9. The zero-order chi connectivity index (χ0) is 21.0. The van der Waals surface area contributed by atoms with Gasteiger partial charge in [0, 0.05) is 6.07 Å². The average molecular weight is 396 g/mol. The third-order valence-electron chi connectivity index (χ3n) is 4.42. The Balaban J connectivity index is 1.85. The fourth-order valence-corrected chi connectivity index (χ4v) is 2.86. The molecule has 1 heterocycles. The molecule has 6 heteroatoms. The predicted octanol–water partition coefficient (Wildman–Crippen LogP) is 4.96. The van der Waals surface area contributed by atoms with Crippen LogP contribution in [0.4, 0.5) is 0 Å². The molecule has 0 aliphatic rings. The molecule has 2 aromatic carbocycles. The zero-order valence-corrected chi connectivity index (χ0v) is 17.0. The Hall–Kier alpha value is -3.28. The van der Waals surface area contributed by atoms with E-state index in [4.69, 9.17) is 18.6 Å². The van der Waals surface area contributed by atoms with E-state index in [2.05, 4.69) is 13.8 Å². The van der Waals surface area contributed by atoms with Crippen molar-refractivity contribution in [1.82, 2.24) is 0 Å². The summed E-state index contributed by atoms with van der Waals surface area (Å²) in [6.07, 6.45) is 0. The third kappa shape index (κ3) is 4.77. The summed E-state index contributed by atoms with van der Waals surface area (Å²) < 4.78 is 21.8. The Morgan fingerprint density at radius 1 is 1.07 bits per heavy atom. The second-order valence-corrected chi connectivity index (χ2v) is 6.89. The number of hydrogen-bond acceptors (Lipinski definition) is 6. The first-order valence-corrected chi connectivity index (χ1v) is 9.52. The van der Waals surface area contributed by atoms with Crippen molar-refractivity contribution in [1.29, 1.82) is 0 Å². The monoisotopic (exact) mass is 396 g/mol. The van der Waals surface area contributed by atoms with Crippen molar-refractivity contribution in [3.05, 3.63) is 64.0 Å². The van der Waals surface area contributed by atoms with Gasteiger partial charge in [-0.3, -0.25) is 4.79 Å². The van der Waals surface area contributed by atoms with Crippen LogP contribution in [0.5, 0.6) is 17.2 Å². The number of fused-ring (bicyclic) bond motifs is 1. The fourth-order valence-electron chi connectivity index (χ4n) is 2.86. The van der Waals surface area contributed by atoms with Crippen molar-refractivity contribution in [3.8, 4) is 17.2 Å². The van der Waals surface area contributed by atoms with E-state index in [1.54, 1.807) is 32.0 Å². The topological polar surface area (TPSA) is 75.0 Å². The highest BCUT2D eigenvalue weighted by atomic mass is 16.6. The van der Waals surface area contributed by atoms with E-state index in [1.165, 1.54) is 5.56 Å². The van der Waals surface area contributed by atoms with Crippen LogP contribution in [0.3, 0.4) is 0 Å². The lowest BCUT2D eigenvalue weighted by Crippen LogP contribution is -2.14. The number of rotatable bonds is 7. The number of esters is 1. The molecule has 0 saturated carbocycles. The van der Waals surface area contributed by atoms with Crippen molar-refractivity contribution in [3.63, 3.8) is 0 Å². The Morgan fingerprint density at radius 2 is 1.76 bits per heavy atom. The van der Waals surface area contributed by atoms with Gasteiger partial charge in [0.1, 0.15) is 22.8 Å². The van der Waals surface area contributed by atoms with Gasteiger partial charge in [0.05, 0.1) is 12.0 Å². The number of aryl methyl sites for hydroxylation is 1. The molecule has 0 fully saturated rings. The van der Waals surface area contributed by atoms with Crippen molar-refractivity contribution < 1.29 is 23.4 Å². The van der Waals surface area contributed by atoms with Gasteiger partial charge in [-0.25, -0.2) is 4.79 Å². The highest BCUT2D eigenvalue weighted by Gasteiger charge is 2.15. The predicted molar refractivity (Wildman–Crippen MR) is 110 cm³/mol. The molecule has 0 aliphatic heterocycles. The summed E-state index contributed by atoms with van der Waals surface area (Å²) in [7, 11) is 0. The van der Waals surface area contributed by atoms with Gasteiger partial charge >= 0.3 is 5.97 Å². The van der Waals surface area contributed by atoms with Crippen LogP contribution in [-0.2, 0) is 9.53 Å². The summed E-state index contributed by atoms with van der Waals surface area (Å²) in [4.78, 5) is 24.3. The van der Waals surface area contributed by atoms with E-state index < -0.39 is 5.97 Å². The van der Waals surface area contributed by atoms with Crippen LogP contribution in [0.25, 0.3) is 11.0 Å². The van der Waals surface area contributed by atoms with Gasteiger partial charge in [-0.1, -0.05) is 26.0 Å². The summed E-state index contributed by atoms with van der Waals surface area (Å²) >= 11 is 0. The third-order valence-corrected chi connectivity index (χ3v) is 4.42. The van der Waals surface area contributed by atoms with Gasteiger partial charge in [0.15, 0.2) is 6.61 Å². The van der Waals surface area contributed by atoms with Gasteiger partial charge in [-0.2, -0.15) is 0 Å². The molecule has 0 unspecified atom stereocenters. The highest BCUT2D eigenvalue weighted by molar-refractivity contribution is 5.80. The number of carbonyl (C=O) groups excluding carboxylic acids is 1. The van der Waals surface area contributed by atoms with Crippen molar-refractivity contribution in [2.24, 2.45) is 0 Å². The van der Waals surface area contributed by atoms with Crippen LogP contribution >= 0.6 is 0 Å². The van der Waals surface area contributed by atoms with E-state index in [9.17, 15) is 9.59 Å². The lowest BCUT2D eigenvalue weighted by molar-refractivity contribution is -0.145. The number of ether oxygens (including phenoxy) is 3. The fraction of sp³-hybridized carbons (Fsp3) is 0.304. The molecule has 3 aromatic rings. The molecular weight excluding hydrogens is 372 g/mol. The molecule has 0 atom stereocenters. The largest absolute Gasteiger partial charge is 0.482 e. The maximum Gasteiger partial charge on any atom is 0.344 e. The van der Waals surface area contributed by atoms with Crippen molar-refractivity contribution in [2.75, 3.05) is 13.2 Å². The Bertz CT molecular complexity index is 1060. The number of hydrogen-bond donors (Lipinski definition) is 0. The zero-order valence-electron chi connectivity index (χ0n) is 17.0. The van der Waals surface area contributed by atoms with Crippen LogP contribution in [0.2, 0.25) is 0 Å². The van der Waals surface area contributed by atoms with Crippen LogP contribution in [-0.4, -0.2) is 19.2 Å². The molecular formula is C23H24O6. The molecule has 0 aliphatic carbocycles.